The van der Waals surface area contributed by atoms with Gasteiger partial charge in [0.05, 0.1) is 24.0 Å². The summed E-state index contributed by atoms with van der Waals surface area (Å²) in [6, 6.07) is 16.0. The van der Waals surface area contributed by atoms with Crippen molar-refractivity contribution in [1.82, 2.24) is 10.2 Å². The first-order valence-electron chi connectivity index (χ1n) is 14.9. The standard InChI is InChI=1S/C32H41N3O6/c1-3-31-17-18-32(41-31)26(25(31)28(37)34-23-13-15-24(16-14-23)40-4-2)30(39)35(19-9-6-10-20-36)27(32)29(38)33-21-22-11-7-5-8-12-22/h5,7-8,11-16,25-27,36H,3-4,6,9-10,17-21H2,1-2H3,(H,33,38)(H,34,37)/t25-,26-,27?,31+,32?/m0/s1. The topological polar surface area (TPSA) is 117 Å². The highest BCUT2D eigenvalue weighted by atomic mass is 16.5. The number of ether oxygens (including phenoxy) is 2. The van der Waals surface area contributed by atoms with Crippen LogP contribution >= 0.6 is 0 Å². The van der Waals surface area contributed by atoms with Crippen molar-refractivity contribution in [3.05, 3.63) is 60.2 Å². The number of carbonyl (C=O) groups is 3. The Morgan fingerprint density at radius 1 is 1.02 bits per heavy atom. The number of fused-ring (bicyclic) bond motifs is 1. The molecule has 2 aromatic rings. The highest BCUT2D eigenvalue weighted by Gasteiger charge is 2.78. The first kappa shape index (κ1) is 29.1. The molecule has 0 aliphatic carbocycles. The van der Waals surface area contributed by atoms with Gasteiger partial charge < -0.3 is 30.1 Å². The number of unbranched alkanes of at least 4 members (excludes halogenated alkanes) is 2. The predicted octanol–water partition coefficient (Wildman–Crippen LogP) is 3.66. The highest BCUT2D eigenvalue weighted by molar-refractivity contribution is 6.02. The van der Waals surface area contributed by atoms with Crippen LogP contribution in [-0.4, -0.2) is 64.7 Å². The van der Waals surface area contributed by atoms with Crippen LogP contribution in [0.15, 0.2) is 54.6 Å². The number of nitrogens with zero attached hydrogens (tertiary/aromatic N) is 1. The average molecular weight is 564 g/mol. The summed E-state index contributed by atoms with van der Waals surface area (Å²) in [6.07, 6.45) is 3.73. The average Bonchev–Trinajstić information content (AvgIpc) is 3.59. The number of nitrogens with one attached hydrogen (secondary N) is 2. The second kappa shape index (κ2) is 12.2. The fourth-order valence-electron chi connectivity index (χ4n) is 7.13. The quantitative estimate of drug-likeness (QED) is 0.320. The van der Waals surface area contributed by atoms with E-state index < -0.39 is 29.1 Å². The summed E-state index contributed by atoms with van der Waals surface area (Å²) >= 11 is 0. The number of likely N-dealkylation sites (tertiary alicyclic amines) is 1. The Morgan fingerprint density at radius 3 is 2.46 bits per heavy atom. The Kier molecular flexibility index (Phi) is 8.66. The third-order valence-electron chi connectivity index (χ3n) is 9.01. The lowest BCUT2D eigenvalue weighted by Gasteiger charge is -2.34. The van der Waals surface area contributed by atoms with E-state index in [4.69, 9.17) is 9.47 Å². The summed E-state index contributed by atoms with van der Waals surface area (Å²) in [6.45, 7) is 5.23. The second-order valence-electron chi connectivity index (χ2n) is 11.3. The zero-order chi connectivity index (χ0) is 29.0. The minimum Gasteiger partial charge on any atom is -0.494 e. The summed E-state index contributed by atoms with van der Waals surface area (Å²) in [7, 11) is 0. The van der Waals surface area contributed by atoms with Gasteiger partial charge in [-0.05, 0) is 75.3 Å². The molecule has 41 heavy (non-hydrogen) atoms. The summed E-state index contributed by atoms with van der Waals surface area (Å²) < 4.78 is 12.3. The van der Waals surface area contributed by atoms with Crippen LogP contribution in [0, 0.1) is 11.8 Å². The van der Waals surface area contributed by atoms with Gasteiger partial charge in [0.1, 0.15) is 17.4 Å². The van der Waals surface area contributed by atoms with Crippen molar-refractivity contribution in [3.8, 4) is 5.75 Å². The number of benzene rings is 2. The fourth-order valence-corrected chi connectivity index (χ4v) is 7.13. The molecule has 0 aromatic heterocycles. The Balaban J connectivity index is 1.43. The van der Waals surface area contributed by atoms with Gasteiger partial charge in [-0.3, -0.25) is 14.4 Å². The third-order valence-corrected chi connectivity index (χ3v) is 9.01. The van der Waals surface area contributed by atoms with Crippen molar-refractivity contribution in [3.63, 3.8) is 0 Å². The minimum absolute atomic E-state index is 0.0808. The first-order valence-corrected chi connectivity index (χ1v) is 14.9. The normalized spacial score (nSPS) is 28.0. The molecule has 3 amide bonds. The molecular formula is C32H41N3O6. The lowest BCUT2D eigenvalue weighted by atomic mass is 9.65. The lowest BCUT2D eigenvalue weighted by Crippen LogP contribution is -2.55. The van der Waals surface area contributed by atoms with Crippen LogP contribution in [0.25, 0.3) is 0 Å². The highest BCUT2D eigenvalue weighted by Crippen LogP contribution is 2.64. The monoisotopic (exact) mass is 563 g/mol. The van der Waals surface area contributed by atoms with Crippen molar-refractivity contribution < 1.29 is 29.0 Å². The summed E-state index contributed by atoms with van der Waals surface area (Å²) in [5, 5.41) is 15.3. The van der Waals surface area contributed by atoms with E-state index >= 15 is 0 Å². The molecule has 9 heteroatoms. The molecule has 3 aliphatic heterocycles. The second-order valence-corrected chi connectivity index (χ2v) is 11.3. The van der Waals surface area contributed by atoms with E-state index in [0.29, 0.717) is 63.2 Å². The van der Waals surface area contributed by atoms with Crippen LogP contribution in [-0.2, 0) is 25.7 Å². The number of hydrogen-bond donors (Lipinski definition) is 3. The van der Waals surface area contributed by atoms with Crippen molar-refractivity contribution >= 4 is 23.4 Å². The van der Waals surface area contributed by atoms with Gasteiger partial charge in [0, 0.05) is 25.4 Å². The molecule has 3 heterocycles. The number of carbonyl (C=O) groups excluding carboxylic acids is 3. The molecular weight excluding hydrogens is 522 g/mol. The number of aliphatic hydroxyl groups excluding tert-OH is 1. The number of anilines is 1. The van der Waals surface area contributed by atoms with E-state index in [-0.39, 0.29) is 24.3 Å². The van der Waals surface area contributed by atoms with Crippen molar-refractivity contribution in [1.29, 1.82) is 0 Å². The van der Waals surface area contributed by atoms with E-state index in [1.165, 1.54) is 0 Å². The van der Waals surface area contributed by atoms with Gasteiger partial charge >= 0.3 is 0 Å². The van der Waals surface area contributed by atoms with E-state index in [1.54, 1.807) is 29.2 Å². The van der Waals surface area contributed by atoms with Crippen LogP contribution in [0.4, 0.5) is 5.69 Å². The van der Waals surface area contributed by atoms with Crippen LogP contribution in [0.5, 0.6) is 5.75 Å². The zero-order valence-electron chi connectivity index (χ0n) is 23.9. The summed E-state index contributed by atoms with van der Waals surface area (Å²) in [5.74, 6) is -1.47. The lowest BCUT2D eigenvalue weighted by molar-refractivity contribution is -0.146. The summed E-state index contributed by atoms with van der Waals surface area (Å²) in [4.78, 5) is 43.7. The smallest absolute Gasteiger partial charge is 0.246 e. The van der Waals surface area contributed by atoms with E-state index in [2.05, 4.69) is 10.6 Å². The molecule has 3 aliphatic rings. The Hall–Kier alpha value is -3.43. The molecule has 2 aromatic carbocycles. The van der Waals surface area contributed by atoms with Crippen molar-refractivity contribution in [2.75, 3.05) is 25.1 Å². The third kappa shape index (κ3) is 5.33. The van der Waals surface area contributed by atoms with Crippen LogP contribution in [0.3, 0.4) is 0 Å². The number of rotatable bonds is 13. The first-order chi connectivity index (χ1) is 19.9. The van der Waals surface area contributed by atoms with Gasteiger partial charge in [-0.2, -0.15) is 0 Å². The molecule has 1 spiro atoms. The fraction of sp³-hybridized carbons (Fsp3) is 0.531. The molecule has 5 atom stereocenters. The zero-order valence-corrected chi connectivity index (χ0v) is 23.9. The largest absolute Gasteiger partial charge is 0.494 e. The van der Waals surface area contributed by atoms with Crippen LogP contribution < -0.4 is 15.4 Å². The molecule has 9 nitrogen and oxygen atoms in total. The maximum Gasteiger partial charge on any atom is 0.246 e. The molecule has 2 bridgehead atoms. The Morgan fingerprint density at radius 2 is 1.78 bits per heavy atom. The SMILES string of the molecule is CCOc1ccc(NC(=O)[C@@H]2[C@H]3C(=O)N(CCCCCO)C(C(=O)NCc4ccccc4)C34CC[C@@]2(CC)O4)cc1. The van der Waals surface area contributed by atoms with E-state index in [0.717, 1.165) is 12.0 Å². The van der Waals surface area contributed by atoms with Crippen LogP contribution in [0.2, 0.25) is 0 Å². The minimum atomic E-state index is -1.06. The number of amides is 3. The van der Waals surface area contributed by atoms with E-state index in [1.807, 2.05) is 44.2 Å². The van der Waals surface area contributed by atoms with Gasteiger partial charge in [0.15, 0.2) is 0 Å². The van der Waals surface area contributed by atoms with Crippen molar-refractivity contribution in [2.45, 2.75) is 76.2 Å². The van der Waals surface area contributed by atoms with Gasteiger partial charge in [0.2, 0.25) is 17.7 Å². The van der Waals surface area contributed by atoms with E-state index in [9.17, 15) is 19.5 Å². The molecule has 3 N–H and O–H groups in total. The number of aliphatic hydroxyl groups is 1. The van der Waals surface area contributed by atoms with Gasteiger partial charge in [-0.25, -0.2) is 0 Å². The van der Waals surface area contributed by atoms with Crippen LogP contribution in [0.1, 0.15) is 57.9 Å². The molecule has 5 rings (SSSR count). The molecule has 0 saturated carbocycles. The molecule has 3 fully saturated rings. The Bertz CT molecular complexity index is 1240. The summed E-state index contributed by atoms with van der Waals surface area (Å²) in [5.41, 5.74) is -0.296. The molecule has 2 unspecified atom stereocenters. The van der Waals surface area contributed by atoms with Crippen molar-refractivity contribution in [2.24, 2.45) is 11.8 Å². The van der Waals surface area contributed by atoms with Gasteiger partial charge in [-0.15, -0.1) is 0 Å². The molecule has 3 saturated heterocycles. The number of hydrogen-bond acceptors (Lipinski definition) is 6. The maximum atomic E-state index is 14.2. The maximum absolute atomic E-state index is 14.2. The molecule has 220 valence electrons. The van der Waals surface area contributed by atoms with Gasteiger partial charge in [0.25, 0.3) is 0 Å². The predicted molar refractivity (Wildman–Crippen MR) is 154 cm³/mol. The Labute approximate surface area is 241 Å². The molecule has 0 radical (unpaired) electrons. The van der Waals surface area contributed by atoms with Gasteiger partial charge in [-0.1, -0.05) is 37.3 Å².